The number of benzene rings is 1. The maximum atomic E-state index is 12.4. The van der Waals surface area contributed by atoms with Crippen molar-refractivity contribution in [2.24, 2.45) is 5.73 Å². The van der Waals surface area contributed by atoms with Crippen molar-refractivity contribution in [2.75, 3.05) is 18.0 Å². The topological polar surface area (TPSA) is 72.9 Å². The number of hydrogen-bond acceptors (Lipinski definition) is 5. The molecule has 6 heteroatoms. The van der Waals surface area contributed by atoms with Crippen LogP contribution in [0.2, 0.25) is 0 Å². The van der Waals surface area contributed by atoms with Gasteiger partial charge in [-0.2, -0.15) is 0 Å². The van der Waals surface area contributed by atoms with Gasteiger partial charge in [0.15, 0.2) is 0 Å². The molecule has 0 saturated carbocycles. The molecule has 1 fully saturated rings. The standard InChI is InChI=1S/C21H22N4O2/c22-16-14-21(27-17-6-2-1-5-15(16)17)8-11-24(12-9-21)19-13-20(26)25-10-4-3-7-18(25)23-19/h1-7,10,13,16H,8-9,11-12,14,22H2. The van der Waals surface area contributed by atoms with Crippen LogP contribution in [-0.4, -0.2) is 28.1 Å². The highest BCUT2D eigenvalue weighted by Gasteiger charge is 2.42. The molecule has 1 atom stereocenters. The summed E-state index contributed by atoms with van der Waals surface area (Å²) in [6.45, 7) is 1.59. The number of piperidine rings is 1. The maximum Gasteiger partial charge on any atom is 0.259 e. The molecule has 4 heterocycles. The number of hydrogen-bond donors (Lipinski definition) is 1. The summed E-state index contributed by atoms with van der Waals surface area (Å²) < 4.78 is 7.98. The van der Waals surface area contributed by atoms with Gasteiger partial charge in [-0.05, 0) is 18.2 Å². The average Bonchev–Trinajstić information content (AvgIpc) is 2.68. The molecular weight excluding hydrogens is 340 g/mol. The van der Waals surface area contributed by atoms with Gasteiger partial charge >= 0.3 is 0 Å². The van der Waals surface area contributed by atoms with Gasteiger partial charge in [-0.1, -0.05) is 24.3 Å². The van der Waals surface area contributed by atoms with E-state index in [4.69, 9.17) is 10.5 Å². The second-order valence-corrected chi connectivity index (χ2v) is 7.50. The summed E-state index contributed by atoms with van der Waals surface area (Å²) in [6.07, 6.45) is 4.30. The zero-order chi connectivity index (χ0) is 18.4. The summed E-state index contributed by atoms with van der Waals surface area (Å²) in [5, 5.41) is 0. The largest absolute Gasteiger partial charge is 0.487 e. The minimum absolute atomic E-state index is 0.00457. The fraction of sp³-hybridized carbons (Fsp3) is 0.333. The number of pyridine rings is 1. The Hall–Kier alpha value is -2.86. The Morgan fingerprint density at radius 2 is 1.89 bits per heavy atom. The third-order valence-corrected chi connectivity index (χ3v) is 5.79. The lowest BCUT2D eigenvalue weighted by Gasteiger charge is -2.46. The molecule has 27 heavy (non-hydrogen) atoms. The summed E-state index contributed by atoms with van der Waals surface area (Å²) in [6, 6.07) is 15.3. The second-order valence-electron chi connectivity index (χ2n) is 7.50. The van der Waals surface area contributed by atoms with E-state index in [-0.39, 0.29) is 17.2 Å². The zero-order valence-electron chi connectivity index (χ0n) is 15.0. The highest BCUT2D eigenvalue weighted by molar-refractivity contribution is 5.48. The number of ether oxygens (including phenoxy) is 1. The first kappa shape index (κ1) is 16.3. The van der Waals surface area contributed by atoms with Crippen molar-refractivity contribution in [3.63, 3.8) is 0 Å². The van der Waals surface area contributed by atoms with Crippen LogP contribution in [0.25, 0.3) is 5.65 Å². The molecule has 1 unspecified atom stereocenters. The first-order chi connectivity index (χ1) is 13.1. The number of nitrogens with two attached hydrogens (primary N) is 1. The van der Waals surface area contributed by atoms with Crippen molar-refractivity contribution < 1.29 is 4.74 Å². The van der Waals surface area contributed by atoms with E-state index in [1.54, 1.807) is 16.7 Å². The van der Waals surface area contributed by atoms with E-state index >= 15 is 0 Å². The van der Waals surface area contributed by atoms with Crippen molar-refractivity contribution in [3.05, 3.63) is 70.6 Å². The predicted molar refractivity (Wildman–Crippen MR) is 104 cm³/mol. The normalized spacial score (nSPS) is 21.1. The third kappa shape index (κ3) is 2.77. The van der Waals surface area contributed by atoms with Crippen molar-refractivity contribution in [1.82, 2.24) is 9.38 Å². The van der Waals surface area contributed by atoms with Crippen LogP contribution in [0.1, 0.15) is 30.9 Å². The molecule has 1 aromatic carbocycles. The highest BCUT2D eigenvalue weighted by Crippen LogP contribution is 2.43. The maximum absolute atomic E-state index is 12.4. The van der Waals surface area contributed by atoms with Gasteiger partial charge < -0.3 is 15.4 Å². The lowest BCUT2D eigenvalue weighted by molar-refractivity contribution is 0.0131. The van der Waals surface area contributed by atoms with Gasteiger partial charge in [0, 0.05) is 56.2 Å². The second kappa shape index (κ2) is 6.09. The van der Waals surface area contributed by atoms with Crippen molar-refractivity contribution in [3.8, 4) is 5.75 Å². The van der Waals surface area contributed by atoms with E-state index < -0.39 is 0 Å². The molecule has 138 valence electrons. The van der Waals surface area contributed by atoms with E-state index in [2.05, 4.69) is 16.0 Å². The minimum atomic E-state index is -0.226. The SMILES string of the molecule is NC1CC2(CCN(c3cc(=O)n4ccccc4n3)CC2)Oc2ccccc21. The molecular formula is C21H22N4O2. The van der Waals surface area contributed by atoms with E-state index in [0.29, 0.717) is 5.65 Å². The Labute approximate surface area is 157 Å². The quantitative estimate of drug-likeness (QED) is 0.720. The molecule has 0 radical (unpaired) electrons. The van der Waals surface area contributed by atoms with Crippen molar-refractivity contribution in [1.29, 1.82) is 0 Å². The molecule has 2 N–H and O–H groups in total. The van der Waals surface area contributed by atoms with Crippen LogP contribution < -0.4 is 20.9 Å². The Bertz CT molecular complexity index is 1050. The fourth-order valence-corrected chi connectivity index (χ4v) is 4.32. The van der Waals surface area contributed by atoms with Crippen LogP contribution >= 0.6 is 0 Å². The number of aromatic nitrogens is 2. The molecule has 2 aliphatic rings. The Morgan fingerprint density at radius 1 is 1.11 bits per heavy atom. The van der Waals surface area contributed by atoms with Crippen molar-refractivity contribution in [2.45, 2.75) is 30.9 Å². The number of para-hydroxylation sites is 1. The smallest absolute Gasteiger partial charge is 0.259 e. The summed E-state index contributed by atoms with van der Waals surface area (Å²) in [5.41, 5.74) is 7.91. The Kier molecular flexibility index (Phi) is 3.68. The van der Waals surface area contributed by atoms with Gasteiger partial charge in [-0.25, -0.2) is 4.98 Å². The highest BCUT2D eigenvalue weighted by atomic mass is 16.5. The predicted octanol–water partition coefficient (Wildman–Crippen LogP) is 2.52. The molecule has 1 saturated heterocycles. The van der Waals surface area contributed by atoms with E-state index in [1.165, 1.54) is 0 Å². The summed E-state index contributed by atoms with van der Waals surface area (Å²) in [5.74, 6) is 1.65. The Morgan fingerprint density at radius 3 is 2.74 bits per heavy atom. The minimum Gasteiger partial charge on any atom is -0.487 e. The van der Waals surface area contributed by atoms with E-state index in [1.807, 2.05) is 36.4 Å². The first-order valence-electron chi connectivity index (χ1n) is 9.41. The molecule has 6 nitrogen and oxygen atoms in total. The van der Waals surface area contributed by atoms with Gasteiger partial charge in [0.05, 0.1) is 0 Å². The summed E-state index contributed by atoms with van der Waals surface area (Å²) >= 11 is 0. The van der Waals surface area contributed by atoms with Crippen LogP contribution in [-0.2, 0) is 0 Å². The van der Waals surface area contributed by atoms with Gasteiger partial charge in [0.2, 0.25) is 0 Å². The van der Waals surface area contributed by atoms with Crippen LogP contribution in [0.5, 0.6) is 5.75 Å². The lowest BCUT2D eigenvalue weighted by atomic mass is 9.81. The monoisotopic (exact) mass is 362 g/mol. The molecule has 5 rings (SSSR count). The Balaban J connectivity index is 1.39. The fourth-order valence-electron chi connectivity index (χ4n) is 4.32. The molecule has 1 spiro atoms. The molecule has 2 aromatic heterocycles. The summed E-state index contributed by atoms with van der Waals surface area (Å²) in [7, 11) is 0. The van der Waals surface area contributed by atoms with Gasteiger partial charge in [-0.15, -0.1) is 0 Å². The third-order valence-electron chi connectivity index (χ3n) is 5.79. The lowest BCUT2D eigenvalue weighted by Crippen LogP contribution is -2.51. The van der Waals surface area contributed by atoms with E-state index in [9.17, 15) is 4.79 Å². The molecule has 3 aromatic rings. The average molecular weight is 362 g/mol. The van der Waals surface area contributed by atoms with Crippen LogP contribution in [0.3, 0.4) is 0 Å². The molecule has 0 bridgehead atoms. The van der Waals surface area contributed by atoms with E-state index in [0.717, 1.165) is 49.5 Å². The number of fused-ring (bicyclic) bond motifs is 2. The van der Waals surface area contributed by atoms with Gasteiger partial charge in [-0.3, -0.25) is 9.20 Å². The molecule has 0 aliphatic carbocycles. The number of nitrogens with zero attached hydrogens (tertiary/aromatic N) is 3. The van der Waals surface area contributed by atoms with Crippen LogP contribution in [0, 0.1) is 0 Å². The summed E-state index contributed by atoms with van der Waals surface area (Å²) in [4.78, 5) is 19.2. The van der Waals surface area contributed by atoms with Crippen molar-refractivity contribution >= 4 is 11.5 Å². The number of rotatable bonds is 1. The first-order valence-corrected chi connectivity index (χ1v) is 9.41. The van der Waals surface area contributed by atoms with Crippen LogP contribution in [0.4, 0.5) is 5.82 Å². The number of anilines is 1. The van der Waals surface area contributed by atoms with Crippen LogP contribution in [0.15, 0.2) is 59.5 Å². The zero-order valence-corrected chi connectivity index (χ0v) is 15.0. The molecule has 2 aliphatic heterocycles. The van der Waals surface area contributed by atoms with Gasteiger partial charge in [0.25, 0.3) is 5.56 Å². The van der Waals surface area contributed by atoms with Gasteiger partial charge in [0.1, 0.15) is 22.8 Å². The molecule has 0 amide bonds.